The van der Waals surface area contributed by atoms with Crippen molar-refractivity contribution < 1.29 is 4.79 Å². The number of nitrogens with one attached hydrogen (secondary N) is 1. The maximum atomic E-state index is 11.3. The van der Waals surface area contributed by atoms with Crippen molar-refractivity contribution in [3.05, 3.63) is 11.4 Å². The highest BCUT2D eigenvalue weighted by Crippen LogP contribution is 2.13. The van der Waals surface area contributed by atoms with Gasteiger partial charge in [-0.05, 0) is 6.92 Å². The number of nitrogens with zero attached hydrogens (tertiary/aromatic N) is 2. The number of nitrogen functional groups attached to an aromatic ring is 1. The van der Waals surface area contributed by atoms with Gasteiger partial charge in [0.1, 0.15) is 0 Å². The van der Waals surface area contributed by atoms with Crippen LogP contribution in [0.25, 0.3) is 0 Å². The first-order chi connectivity index (χ1) is 5.54. The summed E-state index contributed by atoms with van der Waals surface area (Å²) in [5, 5.41) is 6.45. The Bertz CT molecular complexity index is 302. The van der Waals surface area contributed by atoms with Crippen molar-refractivity contribution >= 4 is 11.6 Å². The van der Waals surface area contributed by atoms with Crippen molar-refractivity contribution in [2.75, 3.05) is 19.8 Å². The highest BCUT2D eigenvalue weighted by Gasteiger charge is 2.16. The molecule has 1 heterocycles. The van der Waals surface area contributed by atoms with Crippen LogP contribution in [0, 0.1) is 6.92 Å². The molecule has 0 bridgehead atoms. The van der Waals surface area contributed by atoms with Gasteiger partial charge in [-0.1, -0.05) is 0 Å². The number of nitrogens with two attached hydrogens (primary N) is 1. The molecule has 1 amide bonds. The van der Waals surface area contributed by atoms with Crippen molar-refractivity contribution in [1.29, 1.82) is 0 Å². The van der Waals surface area contributed by atoms with E-state index in [4.69, 9.17) is 5.73 Å². The number of aryl methyl sites for hydroxylation is 1. The summed E-state index contributed by atoms with van der Waals surface area (Å²) in [6.07, 6.45) is 0. The van der Waals surface area contributed by atoms with Gasteiger partial charge in [0, 0.05) is 14.1 Å². The molecule has 66 valence electrons. The van der Waals surface area contributed by atoms with Crippen LogP contribution in [0.4, 0.5) is 5.69 Å². The molecule has 0 spiro atoms. The summed E-state index contributed by atoms with van der Waals surface area (Å²) in [5.74, 6) is -0.183. The van der Waals surface area contributed by atoms with Crippen molar-refractivity contribution in [3.8, 4) is 0 Å². The Labute approximate surface area is 70.5 Å². The van der Waals surface area contributed by atoms with Gasteiger partial charge in [0.15, 0.2) is 5.69 Å². The lowest BCUT2D eigenvalue weighted by molar-refractivity contribution is 0.0823. The van der Waals surface area contributed by atoms with Crippen molar-refractivity contribution in [2.45, 2.75) is 6.92 Å². The molecule has 0 atom stereocenters. The summed E-state index contributed by atoms with van der Waals surface area (Å²) in [6, 6.07) is 0. The molecule has 0 radical (unpaired) electrons. The maximum absolute atomic E-state index is 11.3. The molecule has 0 aliphatic heterocycles. The zero-order valence-corrected chi connectivity index (χ0v) is 7.38. The number of aromatic amines is 1. The SMILES string of the molecule is Cc1[nH]nc(C(=O)N(C)C)c1N. The first-order valence-electron chi connectivity index (χ1n) is 3.56. The Kier molecular flexibility index (Phi) is 2.03. The number of amides is 1. The molecule has 0 fully saturated rings. The number of hydrogen-bond acceptors (Lipinski definition) is 3. The lowest BCUT2D eigenvalue weighted by Crippen LogP contribution is -2.23. The maximum Gasteiger partial charge on any atom is 0.275 e. The van der Waals surface area contributed by atoms with Crippen LogP contribution in [0.15, 0.2) is 0 Å². The molecule has 1 aromatic rings. The minimum absolute atomic E-state index is 0.183. The molecule has 0 unspecified atom stereocenters. The molecule has 0 saturated heterocycles. The second-order valence-electron chi connectivity index (χ2n) is 2.81. The van der Waals surface area contributed by atoms with Gasteiger partial charge in [0.25, 0.3) is 5.91 Å². The molecule has 1 rings (SSSR count). The molecule has 5 heteroatoms. The smallest absolute Gasteiger partial charge is 0.275 e. The van der Waals surface area contributed by atoms with E-state index in [1.165, 1.54) is 4.90 Å². The molecule has 0 aliphatic carbocycles. The predicted octanol–water partition coefficient (Wildman–Crippen LogP) is 0.00212. The Hall–Kier alpha value is -1.52. The molecule has 1 aromatic heterocycles. The quantitative estimate of drug-likeness (QED) is 0.619. The lowest BCUT2D eigenvalue weighted by Gasteiger charge is -2.07. The fourth-order valence-corrected chi connectivity index (χ4v) is 0.813. The van der Waals surface area contributed by atoms with Crippen LogP contribution in [-0.2, 0) is 0 Å². The average Bonchev–Trinajstić information content (AvgIpc) is 2.32. The molecular formula is C7H12N4O. The highest BCUT2D eigenvalue weighted by atomic mass is 16.2. The Morgan fingerprint density at radius 1 is 1.58 bits per heavy atom. The molecule has 12 heavy (non-hydrogen) atoms. The Morgan fingerprint density at radius 3 is 2.50 bits per heavy atom. The minimum Gasteiger partial charge on any atom is -0.395 e. The largest absolute Gasteiger partial charge is 0.395 e. The van der Waals surface area contributed by atoms with E-state index in [0.29, 0.717) is 5.69 Å². The van der Waals surface area contributed by atoms with Gasteiger partial charge in [0.2, 0.25) is 0 Å². The van der Waals surface area contributed by atoms with E-state index in [2.05, 4.69) is 10.2 Å². The zero-order chi connectivity index (χ0) is 9.30. The highest BCUT2D eigenvalue weighted by molar-refractivity contribution is 5.97. The third kappa shape index (κ3) is 1.25. The van der Waals surface area contributed by atoms with Crippen LogP contribution < -0.4 is 5.73 Å². The van der Waals surface area contributed by atoms with Crippen LogP contribution in [0.3, 0.4) is 0 Å². The van der Waals surface area contributed by atoms with Crippen LogP contribution in [0.5, 0.6) is 0 Å². The van der Waals surface area contributed by atoms with Crippen LogP contribution in [0.2, 0.25) is 0 Å². The van der Waals surface area contributed by atoms with Gasteiger partial charge >= 0.3 is 0 Å². The summed E-state index contributed by atoms with van der Waals surface area (Å²) in [7, 11) is 3.32. The molecule has 0 aromatic carbocycles. The monoisotopic (exact) mass is 168 g/mol. The fraction of sp³-hybridized carbons (Fsp3) is 0.429. The van der Waals surface area contributed by atoms with Crippen LogP contribution in [-0.4, -0.2) is 35.1 Å². The Morgan fingerprint density at radius 2 is 2.17 bits per heavy atom. The summed E-state index contributed by atoms with van der Waals surface area (Å²) in [6.45, 7) is 1.77. The Balaban J connectivity index is 3.04. The molecule has 0 saturated carbocycles. The van der Waals surface area contributed by atoms with Gasteiger partial charge in [0.05, 0.1) is 11.4 Å². The van der Waals surface area contributed by atoms with Crippen LogP contribution in [0.1, 0.15) is 16.2 Å². The summed E-state index contributed by atoms with van der Waals surface area (Å²) in [5.41, 5.74) is 7.04. The van der Waals surface area contributed by atoms with E-state index in [9.17, 15) is 4.79 Å². The van der Waals surface area contributed by atoms with E-state index >= 15 is 0 Å². The van der Waals surface area contributed by atoms with E-state index in [0.717, 1.165) is 5.69 Å². The number of carbonyl (C=O) groups is 1. The number of H-pyrrole nitrogens is 1. The molecule has 5 nitrogen and oxygen atoms in total. The molecular weight excluding hydrogens is 156 g/mol. The van der Waals surface area contributed by atoms with E-state index in [1.54, 1.807) is 21.0 Å². The van der Waals surface area contributed by atoms with E-state index < -0.39 is 0 Å². The third-order valence-corrected chi connectivity index (χ3v) is 1.60. The van der Waals surface area contributed by atoms with Crippen molar-refractivity contribution in [3.63, 3.8) is 0 Å². The van der Waals surface area contributed by atoms with E-state index in [-0.39, 0.29) is 11.6 Å². The third-order valence-electron chi connectivity index (χ3n) is 1.60. The predicted molar refractivity (Wildman–Crippen MR) is 45.8 cm³/mol. The number of carbonyl (C=O) groups excluding carboxylic acids is 1. The van der Waals surface area contributed by atoms with Gasteiger partial charge < -0.3 is 10.6 Å². The van der Waals surface area contributed by atoms with Crippen molar-refractivity contribution in [2.24, 2.45) is 0 Å². The summed E-state index contributed by atoms with van der Waals surface area (Å²) < 4.78 is 0. The second kappa shape index (κ2) is 2.84. The minimum atomic E-state index is -0.183. The zero-order valence-electron chi connectivity index (χ0n) is 7.38. The summed E-state index contributed by atoms with van der Waals surface area (Å²) in [4.78, 5) is 12.8. The topological polar surface area (TPSA) is 75.0 Å². The number of rotatable bonds is 1. The lowest BCUT2D eigenvalue weighted by atomic mass is 10.3. The number of hydrogen-bond donors (Lipinski definition) is 2. The van der Waals surface area contributed by atoms with Crippen LogP contribution >= 0.6 is 0 Å². The number of anilines is 1. The normalized spacial score (nSPS) is 9.92. The molecule has 0 aliphatic rings. The second-order valence-corrected chi connectivity index (χ2v) is 2.81. The van der Waals surface area contributed by atoms with Gasteiger partial charge in [-0.15, -0.1) is 0 Å². The first-order valence-corrected chi connectivity index (χ1v) is 3.56. The van der Waals surface area contributed by atoms with Crippen molar-refractivity contribution in [1.82, 2.24) is 15.1 Å². The van der Waals surface area contributed by atoms with Gasteiger partial charge in [-0.3, -0.25) is 9.89 Å². The number of aromatic nitrogens is 2. The molecule has 3 N–H and O–H groups in total. The average molecular weight is 168 g/mol. The standard InChI is InChI=1S/C7H12N4O/c1-4-5(8)6(10-9-4)7(12)11(2)3/h8H2,1-3H3,(H,9,10). The van der Waals surface area contributed by atoms with Gasteiger partial charge in [-0.25, -0.2) is 0 Å². The summed E-state index contributed by atoms with van der Waals surface area (Å²) >= 11 is 0. The van der Waals surface area contributed by atoms with E-state index in [1.807, 2.05) is 0 Å². The fourth-order valence-electron chi connectivity index (χ4n) is 0.813. The van der Waals surface area contributed by atoms with Gasteiger partial charge in [-0.2, -0.15) is 5.10 Å². The first kappa shape index (κ1) is 8.58.